The Morgan fingerprint density at radius 1 is 1.33 bits per heavy atom. The summed E-state index contributed by atoms with van der Waals surface area (Å²) >= 11 is 0. The number of aryl methyl sites for hydroxylation is 1. The smallest absolute Gasteiger partial charge is 0.161 e. The SMILES string of the molecule is CCOc1cc(C)ccc1OCC(=O)[O-]. The highest BCUT2D eigenvalue weighted by molar-refractivity contribution is 5.66. The summed E-state index contributed by atoms with van der Waals surface area (Å²) in [5.74, 6) is -0.275. The summed E-state index contributed by atoms with van der Waals surface area (Å²) in [5, 5.41) is 10.2. The Morgan fingerprint density at radius 3 is 2.67 bits per heavy atom. The van der Waals surface area contributed by atoms with Crippen LogP contribution < -0.4 is 14.6 Å². The highest BCUT2D eigenvalue weighted by atomic mass is 16.5. The maximum Gasteiger partial charge on any atom is 0.161 e. The van der Waals surface area contributed by atoms with E-state index < -0.39 is 12.6 Å². The molecule has 4 heteroatoms. The molecule has 0 amide bonds. The maximum absolute atomic E-state index is 10.2. The van der Waals surface area contributed by atoms with Crippen LogP contribution in [0, 0.1) is 6.92 Å². The Morgan fingerprint density at radius 2 is 2.07 bits per heavy atom. The third-order valence-electron chi connectivity index (χ3n) is 1.74. The first-order chi connectivity index (χ1) is 7.13. The zero-order valence-corrected chi connectivity index (χ0v) is 8.78. The van der Waals surface area contributed by atoms with E-state index in [1.807, 2.05) is 19.9 Å². The first-order valence-electron chi connectivity index (χ1n) is 4.69. The zero-order valence-electron chi connectivity index (χ0n) is 8.78. The van der Waals surface area contributed by atoms with Crippen LogP contribution in [0.1, 0.15) is 12.5 Å². The first-order valence-corrected chi connectivity index (χ1v) is 4.69. The molecule has 0 fully saturated rings. The van der Waals surface area contributed by atoms with Gasteiger partial charge in [0.1, 0.15) is 6.61 Å². The predicted octanol–water partition coefficient (Wildman–Crippen LogP) is 0.522. The summed E-state index contributed by atoms with van der Waals surface area (Å²) in [6.07, 6.45) is 0. The van der Waals surface area contributed by atoms with Gasteiger partial charge in [0.05, 0.1) is 12.6 Å². The largest absolute Gasteiger partial charge is 0.546 e. The van der Waals surface area contributed by atoms with E-state index in [0.717, 1.165) is 5.56 Å². The van der Waals surface area contributed by atoms with Crippen molar-refractivity contribution in [1.29, 1.82) is 0 Å². The monoisotopic (exact) mass is 209 g/mol. The zero-order chi connectivity index (χ0) is 11.3. The summed E-state index contributed by atoms with van der Waals surface area (Å²) in [6, 6.07) is 5.31. The molecule has 0 atom stereocenters. The Balaban J connectivity index is 2.80. The van der Waals surface area contributed by atoms with Gasteiger partial charge in [0, 0.05) is 0 Å². The average Bonchev–Trinajstić information content (AvgIpc) is 2.17. The second-order valence-electron chi connectivity index (χ2n) is 3.04. The minimum atomic E-state index is -1.25. The molecule has 0 saturated carbocycles. The van der Waals surface area contributed by atoms with Crippen molar-refractivity contribution in [2.24, 2.45) is 0 Å². The van der Waals surface area contributed by atoms with E-state index in [1.54, 1.807) is 12.1 Å². The summed E-state index contributed by atoms with van der Waals surface area (Å²) < 4.78 is 10.3. The van der Waals surface area contributed by atoms with E-state index in [0.29, 0.717) is 18.1 Å². The average molecular weight is 209 g/mol. The van der Waals surface area contributed by atoms with Gasteiger partial charge in [-0.25, -0.2) is 0 Å². The molecule has 0 bridgehead atoms. The highest BCUT2D eigenvalue weighted by Gasteiger charge is 2.04. The molecule has 4 nitrogen and oxygen atoms in total. The molecule has 0 N–H and O–H groups in total. The molecule has 0 aliphatic rings. The van der Waals surface area contributed by atoms with Gasteiger partial charge in [0.15, 0.2) is 11.5 Å². The number of aliphatic carboxylic acids is 1. The lowest BCUT2D eigenvalue weighted by Gasteiger charge is -2.12. The summed E-state index contributed by atoms with van der Waals surface area (Å²) in [5.41, 5.74) is 1.03. The van der Waals surface area contributed by atoms with Crippen molar-refractivity contribution in [2.45, 2.75) is 13.8 Å². The van der Waals surface area contributed by atoms with Crippen molar-refractivity contribution in [2.75, 3.05) is 13.2 Å². The van der Waals surface area contributed by atoms with E-state index in [9.17, 15) is 9.90 Å². The Kier molecular flexibility index (Phi) is 3.97. The van der Waals surface area contributed by atoms with Crippen LogP contribution in [0.3, 0.4) is 0 Å². The molecule has 0 aromatic heterocycles. The fourth-order valence-corrected chi connectivity index (χ4v) is 1.14. The molecular formula is C11H13O4-. The van der Waals surface area contributed by atoms with Crippen molar-refractivity contribution in [3.05, 3.63) is 23.8 Å². The van der Waals surface area contributed by atoms with Crippen LogP contribution in [0.25, 0.3) is 0 Å². The van der Waals surface area contributed by atoms with Crippen LogP contribution in [-0.4, -0.2) is 19.2 Å². The van der Waals surface area contributed by atoms with Gasteiger partial charge in [-0.2, -0.15) is 0 Å². The van der Waals surface area contributed by atoms with Crippen molar-refractivity contribution >= 4 is 5.97 Å². The predicted molar refractivity (Wildman–Crippen MR) is 52.9 cm³/mol. The Bertz CT molecular complexity index is 346. The number of carboxylic acid groups (broad SMARTS) is 1. The number of hydrogen-bond donors (Lipinski definition) is 0. The number of ether oxygens (including phenoxy) is 2. The number of carboxylic acids is 1. The highest BCUT2D eigenvalue weighted by Crippen LogP contribution is 2.27. The van der Waals surface area contributed by atoms with Crippen molar-refractivity contribution < 1.29 is 19.4 Å². The molecule has 0 saturated heterocycles. The van der Waals surface area contributed by atoms with Gasteiger partial charge in [0.25, 0.3) is 0 Å². The molecule has 1 aromatic rings. The summed E-state index contributed by atoms with van der Waals surface area (Å²) in [6.45, 7) is 3.81. The maximum atomic E-state index is 10.2. The Hall–Kier alpha value is -1.71. The van der Waals surface area contributed by atoms with Gasteiger partial charge in [-0.3, -0.25) is 0 Å². The molecular weight excluding hydrogens is 196 g/mol. The van der Waals surface area contributed by atoms with Crippen LogP contribution in [0.4, 0.5) is 0 Å². The fraction of sp³-hybridized carbons (Fsp3) is 0.364. The number of benzene rings is 1. The number of carbonyl (C=O) groups excluding carboxylic acids is 1. The molecule has 0 unspecified atom stereocenters. The number of rotatable bonds is 5. The molecule has 0 aliphatic carbocycles. The number of hydrogen-bond acceptors (Lipinski definition) is 4. The van der Waals surface area contributed by atoms with E-state index in [4.69, 9.17) is 9.47 Å². The van der Waals surface area contributed by atoms with E-state index in [-0.39, 0.29) is 0 Å². The van der Waals surface area contributed by atoms with Gasteiger partial charge < -0.3 is 19.4 Å². The summed E-state index contributed by atoms with van der Waals surface area (Å²) in [4.78, 5) is 10.2. The van der Waals surface area contributed by atoms with Crippen LogP contribution >= 0.6 is 0 Å². The minimum absolute atomic E-state index is 0.423. The van der Waals surface area contributed by atoms with Gasteiger partial charge >= 0.3 is 0 Å². The molecule has 1 aromatic carbocycles. The van der Waals surface area contributed by atoms with Crippen LogP contribution in [-0.2, 0) is 4.79 Å². The second kappa shape index (κ2) is 5.24. The van der Waals surface area contributed by atoms with Crippen LogP contribution in [0.2, 0.25) is 0 Å². The molecule has 82 valence electrons. The minimum Gasteiger partial charge on any atom is -0.546 e. The van der Waals surface area contributed by atoms with Crippen molar-refractivity contribution in [1.82, 2.24) is 0 Å². The molecule has 0 heterocycles. The van der Waals surface area contributed by atoms with E-state index in [1.165, 1.54) is 0 Å². The van der Waals surface area contributed by atoms with Gasteiger partial charge in [0.2, 0.25) is 0 Å². The summed E-state index contributed by atoms with van der Waals surface area (Å²) in [7, 11) is 0. The second-order valence-corrected chi connectivity index (χ2v) is 3.04. The van der Waals surface area contributed by atoms with Crippen LogP contribution in [0.5, 0.6) is 11.5 Å². The van der Waals surface area contributed by atoms with E-state index >= 15 is 0 Å². The van der Waals surface area contributed by atoms with Gasteiger partial charge in [-0.1, -0.05) is 6.07 Å². The molecule has 0 spiro atoms. The lowest BCUT2D eigenvalue weighted by atomic mass is 10.2. The third-order valence-corrected chi connectivity index (χ3v) is 1.74. The fourth-order valence-electron chi connectivity index (χ4n) is 1.14. The van der Waals surface area contributed by atoms with Gasteiger partial charge in [-0.05, 0) is 31.5 Å². The quantitative estimate of drug-likeness (QED) is 0.709. The topological polar surface area (TPSA) is 58.6 Å². The third kappa shape index (κ3) is 3.50. The molecule has 15 heavy (non-hydrogen) atoms. The lowest BCUT2D eigenvalue weighted by Crippen LogP contribution is -2.29. The number of carbonyl (C=O) groups is 1. The van der Waals surface area contributed by atoms with E-state index in [2.05, 4.69) is 0 Å². The molecule has 0 radical (unpaired) electrons. The van der Waals surface area contributed by atoms with Crippen molar-refractivity contribution in [3.8, 4) is 11.5 Å². The first kappa shape index (κ1) is 11.4. The Labute approximate surface area is 88.4 Å². The molecule has 0 aliphatic heterocycles. The van der Waals surface area contributed by atoms with Crippen molar-refractivity contribution in [3.63, 3.8) is 0 Å². The lowest BCUT2D eigenvalue weighted by molar-refractivity contribution is -0.307. The van der Waals surface area contributed by atoms with Crippen LogP contribution in [0.15, 0.2) is 18.2 Å². The standard InChI is InChI=1S/C11H14O4/c1-3-14-10-6-8(2)4-5-9(10)15-7-11(12)13/h4-6H,3,7H2,1-2H3,(H,12,13)/p-1. The molecule has 1 rings (SSSR count). The van der Waals surface area contributed by atoms with Gasteiger partial charge in [-0.15, -0.1) is 0 Å². The normalized spacial score (nSPS) is 9.73.